The summed E-state index contributed by atoms with van der Waals surface area (Å²) in [6, 6.07) is 17.4. The first-order valence-electron chi connectivity index (χ1n) is 10.3. The van der Waals surface area contributed by atoms with Gasteiger partial charge in [-0.3, -0.25) is 9.36 Å². The summed E-state index contributed by atoms with van der Waals surface area (Å²) in [4.78, 5) is 12.5. The van der Waals surface area contributed by atoms with Gasteiger partial charge in [0.25, 0.3) is 0 Å². The quantitative estimate of drug-likeness (QED) is 0.250. The highest BCUT2D eigenvalue weighted by molar-refractivity contribution is 7.99. The van der Waals surface area contributed by atoms with Crippen LogP contribution in [0, 0.1) is 0 Å². The van der Waals surface area contributed by atoms with E-state index in [-0.39, 0.29) is 11.4 Å². The molecule has 1 amide bonds. The second-order valence-corrected chi connectivity index (χ2v) is 9.17. The smallest absolute Gasteiger partial charge is 0.417 e. The number of alkyl halides is 3. The van der Waals surface area contributed by atoms with Crippen molar-refractivity contribution in [1.82, 2.24) is 14.8 Å². The van der Waals surface area contributed by atoms with Crippen molar-refractivity contribution in [2.75, 3.05) is 18.2 Å². The van der Waals surface area contributed by atoms with Gasteiger partial charge in [0, 0.05) is 22.0 Å². The van der Waals surface area contributed by atoms with Gasteiger partial charge in [-0.05, 0) is 54.6 Å². The number of nitrogens with zero attached hydrogens (tertiary/aromatic N) is 3. The molecule has 4 rings (SSSR count). The van der Waals surface area contributed by atoms with Crippen LogP contribution in [0.2, 0.25) is 10.0 Å². The zero-order valence-electron chi connectivity index (χ0n) is 18.5. The number of carbonyl (C=O) groups is 1. The summed E-state index contributed by atoms with van der Waals surface area (Å²) in [5.41, 5.74) is 0.389. The van der Waals surface area contributed by atoms with E-state index in [9.17, 15) is 18.0 Å². The first-order chi connectivity index (χ1) is 17.2. The van der Waals surface area contributed by atoms with E-state index in [2.05, 4.69) is 15.5 Å². The van der Waals surface area contributed by atoms with Gasteiger partial charge in [0.05, 0.1) is 23.4 Å². The number of nitrogens with one attached hydrogen (secondary N) is 1. The number of hydrogen-bond acceptors (Lipinski definition) is 5. The lowest BCUT2D eigenvalue weighted by atomic mass is 10.2. The molecule has 1 heterocycles. The number of methoxy groups -OCH3 is 1. The Bertz CT molecular complexity index is 1400. The van der Waals surface area contributed by atoms with Crippen molar-refractivity contribution < 1.29 is 22.7 Å². The van der Waals surface area contributed by atoms with Gasteiger partial charge in [0.2, 0.25) is 5.91 Å². The number of halogens is 5. The molecule has 0 atom stereocenters. The largest absolute Gasteiger partial charge is 0.497 e. The van der Waals surface area contributed by atoms with Gasteiger partial charge < -0.3 is 10.1 Å². The molecular weight excluding hydrogens is 536 g/mol. The summed E-state index contributed by atoms with van der Waals surface area (Å²) in [7, 11) is 1.56. The van der Waals surface area contributed by atoms with Gasteiger partial charge in [-0.1, -0.05) is 47.1 Å². The predicted octanol–water partition coefficient (Wildman–Crippen LogP) is 7.00. The number of ether oxygens (including phenoxy) is 1. The minimum atomic E-state index is -4.64. The molecule has 36 heavy (non-hydrogen) atoms. The molecule has 0 saturated carbocycles. The average molecular weight is 553 g/mol. The maximum Gasteiger partial charge on any atom is 0.417 e. The molecule has 12 heteroatoms. The number of benzene rings is 3. The molecular formula is C24H17Cl2F3N4O2S. The summed E-state index contributed by atoms with van der Waals surface area (Å²) in [6.07, 6.45) is -4.64. The van der Waals surface area contributed by atoms with Crippen LogP contribution >= 0.6 is 35.0 Å². The van der Waals surface area contributed by atoms with Crippen molar-refractivity contribution in [3.8, 4) is 22.8 Å². The summed E-state index contributed by atoms with van der Waals surface area (Å²) in [5, 5.41) is 11.5. The number of thioether (sulfide) groups is 1. The SMILES string of the molecule is COc1cccc(-c2nnc(SCC(=O)Nc3ccc(Cl)c(C(F)(F)F)c3)n2-c2ccc(Cl)cc2)c1. The fourth-order valence-electron chi connectivity index (χ4n) is 3.28. The van der Waals surface area contributed by atoms with E-state index in [1.165, 1.54) is 6.07 Å². The number of carbonyl (C=O) groups excluding carboxylic acids is 1. The Morgan fingerprint density at radius 3 is 2.50 bits per heavy atom. The van der Waals surface area contributed by atoms with Crippen molar-refractivity contribution in [1.29, 1.82) is 0 Å². The van der Waals surface area contributed by atoms with E-state index >= 15 is 0 Å². The van der Waals surface area contributed by atoms with Crippen LogP contribution in [0.1, 0.15) is 5.56 Å². The van der Waals surface area contributed by atoms with E-state index in [0.717, 1.165) is 29.5 Å². The van der Waals surface area contributed by atoms with Crippen LogP contribution < -0.4 is 10.1 Å². The molecule has 6 nitrogen and oxygen atoms in total. The van der Waals surface area contributed by atoms with Crippen molar-refractivity contribution in [3.05, 3.63) is 82.3 Å². The van der Waals surface area contributed by atoms with Crippen LogP contribution in [0.25, 0.3) is 17.1 Å². The Morgan fingerprint density at radius 2 is 1.81 bits per heavy atom. The summed E-state index contributed by atoms with van der Waals surface area (Å²) >= 11 is 12.8. The number of hydrogen-bond donors (Lipinski definition) is 1. The van der Waals surface area contributed by atoms with Crippen molar-refractivity contribution in [3.63, 3.8) is 0 Å². The van der Waals surface area contributed by atoms with E-state index in [4.69, 9.17) is 27.9 Å². The summed E-state index contributed by atoms with van der Waals surface area (Å²) in [6.45, 7) is 0. The molecule has 4 aromatic rings. The van der Waals surface area contributed by atoms with Gasteiger partial charge in [-0.25, -0.2) is 0 Å². The van der Waals surface area contributed by atoms with E-state index in [0.29, 0.717) is 27.4 Å². The summed E-state index contributed by atoms with van der Waals surface area (Å²) < 4.78 is 46.4. The number of rotatable bonds is 7. The van der Waals surface area contributed by atoms with Crippen LogP contribution in [-0.2, 0) is 11.0 Å². The Hall–Kier alpha value is -3.21. The first-order valence-corrected chi connectivity index (χ1v) is 12.0. The standard InChI is InChI=1S/C24H17Cl2F3N4O2S/c1-35-18-4-2-3-14(11-18)22-31-32-23(33(22)17-8-5-15(25)6-9-17)36-13-21(34)30-16-7-10-20(26)19(12-16)24(27,28)29/h2-12H,13H2,1H3,(H,30,34). The average Bonchev–Trinajstić information content (AvgIpc) is 3.28. The van der Waals surface area contributed by atoms with Crippen molar-refractivity contribution in [2.24, 2.45) is 0 Å². The normalized spacial score (nSPS) is 11.4. The highest BCUT2D eigenvalue weighted by atomic mass is 35.5. The van der Waals surface area contributed by atoms with Crippen LogP contribution in [0.4, 0.5) is 18.9 Å². The second-order valence-electron chi connectivity index (χ2n) is 7.38. The van der Waals surface area contributed by atoms with Gasteiger partial charge in [0.15, 0.2) is 11.0 Å². The molecule has 0 fully saturated rings. The molecule has 0 radical (unpaired) electrons. The van der Waals surface area contributed by atoms with Gasteiger partial charge in [0.1, 0.15) is 5.75 Å². The predicted molar refractivity (Wildman–Crippen MR) is 134 cm³/mol. The lowest BCUT2D eigenvalue weighted by molar-refractivity contribution is -0.137. The highest BCUT2D eigenvalue weighted by Crippen LogP contribution is 2.36. The third-order valence-corrected chi connectivity index (χ3v) is 6.44. The summed E-state index contributed by atoms with van der Waals surface area (Å²) in [5.74, 6) is 0.483. The van der Waals surface area contributed by atoms with Gasteiger partial charge >= 0.3 is 6.18 Å². The third kappa shape index (κ3) is 5.95. The van der Waals surface area contributed by atoms with E-state index in [1.54, 1.807) is 48.1 Å². The second kappa shape index (κ2) is 10.8. The lowest BCUT2D eigenvalue weighted by Gasteiger charge is -2.12. The Kier molecular flexibility index (Phi) is 7.77. The molecule has 0 saturated heterocycles. The zero-order valence-corrected chi connectivity index (χ0v) is 20.8. The van der Waals surface area contributed by atoms with Crippen molar-refractivity contribution >= 4 is 46.6 Å². The van der Waals surface area contributed by atoms with Gasteiger partial charge in [-0.2, -0.15) is 13.2 Å². The molecule has 0 aliphatic heterocycles. The minimum Gasteiger partial charge on any atom is -0.497 e. The molecule has 0 bridgehead atoms. The fraction of sp³-hybridized carbons (Fsp3) is 0.125. The minimum absolute atomic E-state index is 0.0198. The molecule has 0 aliphatic rings. The zero-order chi connectivity index (χ0) is 25.9. The molecule has 1 aromatic heterocycles. The third-order valence-electron chi connectivity index (χ3n) is 4.93. The Morgan fingerprint density at radius 1 is 1.06 bits per heavy atom. The Balaban J connectivity index is 1.59. The van der Waals surface area contributed by atoms with Gasteiger partial charge in [-0.15, -0.1) is 10.2 Å². The molecule has 0 unspecified atom stereocenters. The molecule has 3 aromatic carbocycles. The van der Waals surface area contributed by atoms with Crippen LogP contribution in [-0.4, -0.2) is 33.5 Å². The maximum atomic E-state index is 13.1. The number of amides is 1. The molecule has 0 aliphatic carbocycles. The fourth-order valence-corrected chi connectivity index (χ4v) is 4.39. The number of aromatic nitrogens is 3. The van der Waals surface area contributed by atoms with Crippen molar-refractivity contribution in [2.45, 2.75) is 11.3 Å². The molecule has 186 valence electrons. The van der Waals surface area contributed by atoms with Crippen LogP contribution in [0.3, 0.4) is 0 Å². The topological polar surface area (TPSA) is 69.0 Å². The first kappa shape index (κ1) is 25.9. The van der Waals surface area contributed by atoms with Crippen LogP contribution in [0.15, 0.2) is 71.9 Å². The van der Waals surface area contributed by atoms with E-state index in [1.807, 2.05) is 12.1 Å². The molecule has 0 spiro atoms. The molecule has 1 N–H and O–H groups in total. The monoisotopic (exact) mass is 552 g/mol. The van der Waals surface area contributed by atoms with Crippen LogP contribution in [0.5, 0.6) is 5.75 Å². The number of anilines is 1. The van der Waals surface area contributed by atoms with E-state index < -0.39 is 22.7 Å². The Labute approximate surface area is 218 Å². The lowest BCUT2D eigenvalue weighted by Crippen LogP contribution is -2.15. The highest BCUT2D eigenvalue weighted by Gasteiger charge is 2.33. The maximum absolute atomic E-state index is 13.1.